The van der Waals surface area contributed by atoms with Crippen molar-refractivity contribution < 1.29 is 14.3 Å². The van der Waals surface area contributed by atoms with Crippen molar-refractivity contribution in [2.75, 3.05) is 19.7 Å². The van der Waals surface area contributed by atoms with Gasteiger partial charge in [-0.25, -0.2) is 15.0 Å². The molecule has 2 aromatic rings. The van der Waals surface area contributed by atoms with Crippen LogP contribution in [0.1, 0.15) is 59.1 Å². The van der Waals surface area contributed by atoms with Gasteiger partial charge in [-0.05, 0) is 53.0 Å². The standard InChI is InChI=1S/C20H31N5O3/c1-4-27-19(26)7-5-6-10-24(15(2)3)12-16-8-9-18(28-16)25-14-23-17-11-21-13-22-20(17)25/h11,13-16,18H,4-10,12H2,1-3H3. The molecule has 8 nitrogen and oxygen atoms in total. The summed E-state index contributed by atoms with van der Waals surface area (Å²) in [6.45, 7) is 8.57. The van der Waals surface area contributed by atoms with Gasteiger partial charge in [0.2, 0.25) is 0 Å². The number of fused-ring (bicyclic) bond motifs is 1. The largest absolute Gasteiger partial charge is 0.466 e. The molecule has 0 saturated carbocycles. The van der Waals surface area contributed by atoms with Gasteiger partial charge in [0.25, 0.3) is 0 Å². The minimum atomic E-state index is -0.100. The molecule has 0 aliphatic carbocycles. The Morgan fingerprint density at radius 1 is 1.36 bits per heavy atom. The summed E-state index contributed by atoms with van der Waals surface area (Å²) < 4.78 is 13.3. The van der Waals surface area contributed by atoms with Crippen LogP contribution < -0.4 is 0 Å². The first-order chi connectivity index (χ1) is 13.6. The lowest BCUT2D eigenvalue weighted by Gasteiger charge is -2.29. The smallest absolute Gasteiger partial charge is 0.305 e. The first kappa shape index (κ1) is 20.7. The lowest BCUT2D eigenvalue weighted by atomic mass is 10.1. The van der Waals surface area contributed by atoms with Crippen molar-refractivity contribution in [3.05, 3.63) is 18.9 Å². The van der Waals surface area contributed by atoms with Crippen LogP contribution >= 0.6 is 0 Å². The van der Waals surface area contributed by atoms with Gasteiger partial charge in [0.1, 0.15) is 18.1 Å². The van der Waals surface area contributed by atoms with E-state index in [-0.39, 0.29) is 18.3 Å². The van der Waals surface area contributed by atoms with Crippen molar-refractivity contribution in [2.24, 2.45) is 0 Å². The zero-order valence-corrected chi connectivity index (χ0v) is 17.1. The highest BCUT2D eigenvalue weighted by Crippen LogP contribution is 2.30. The molecule has 0 radical (unpaired) electrons. The summed E-state index contributed by atoms with van der Waals surface area (Å²) in [5.74, 6) is -0.100. The quantitative estimate of drug-likeness (QED) is 0.456. The Balaban J connectivity index is 1.49. The second-order valence-electron chi connectivity index (χ2n) is 7.52. The molecule has 154 valence electrons. The molecule has 2 aromatic heterocycles. The van der Waals surface area contributed by atoms with E-state index in [1.165, 1.54) is 0 Å². The molecule has 0 aromatic carbocycles. The van der Waals surface area contributed by atoms with Crippen molar-refractivity contribution in [2.45, 2.75) is 71.2 Å². The number of imidazole rings is 1. The molecule has 1 aliphatic rings. The van der Waals surface area contributed by atoms with Crippen LogP contribution in [0.2, 0.25) is 0 Å². The highest BCUT2D eigenvalue weighted by molar-refractivity contribution is 5.69. The maximum absolute atomic E-state index is 11.5. The number of carbonyl (C=O) groups excluding carboxylic acids is 1. The van der Waals surface area contributed by atoms with Crippen molar-refractivity contribution >= 4 is 17.1 Å². The lowest BCUT2D eigenvalue weighted by Crippen LogP contribution is -2.38. The number of nitrogens with zero attached hydrogens (tertiary/aromatic N) is 5. The molecule has 28 heavy (non-hydrogen) atoms. The zero-order valence-electron chi connectivity index (χ0n) is 17.1. The number of aromatic nitrogens is 4. The van der Waals surface area contributed by atoms with E-state index < -0.39 is 0 Å². The molecule has 2 atom stereocenters. The van der Waals surface area contributed by atoms with E-state index in [9.17, 15) is 4.79 Å². The van der Waals surface area contributed by atoms with Gasteiger partial charge in [-0.15, -0.1) is 0 Å². The molecule has 0 bridgehead atoms. The van der Waals surface area contributed by atoms with E-state index in [1.807, 2.05) is 11.5 Å². The molecule has 1 fully saturated rings. The van der Waals surface area contributed by atoms with Crippen LogP contribution in [0.15, 0.2) is 18.9 Å². The summed E-state index contributed by atoms with van der Waals surface area (Å²) in [5.41, 5.74) is 1.61. The van der Waals surface area contributed by atoms with E-state index in [2.05, 4.69) is 33.7 Å². The third-order valence-corrected chi connectivity index (χ3v) is 5.18. The molecule has 0 amide bonds. The van der Waals surface area contributed by atoms with Gasteiger partial charge in [-0.3, -0.25) is 14.3 Å². The molecule has 3 rings (SSSR count). The van der Waals surface area contributed by atoms with Gasteiger partial charge in [0, 0.05) is 19.0 Å². The van der Waals surface area contributed by atoms with Crippen LogP contribution in [0.3, 0.4) is 0 Å². The van der Waals surface area contributed by atoms with Crippen LogP contribution in [0.5, 0.6) is 0 Å². The minimum Gasteiger partial charge on any atom is -0.466 e. The van der Waals surface area contributed by atoms with Crippen molar-refractivity contribution in [3.8, 4) is 0 Å². The van der Waals surface area contributed by atoms with E-state index >= 15 is 0 Å². The maximum atomic E-state index is 11.5. The summed E-state index contributed by atoms with van der Waals surface area (Å²) in [6.07, 6.45) is 9.54. The third kappa shape index (κ3) is 5.26. The predicted molar refractivity (Wildman–Crippen MR) is 106 cm³/mol. The molecule has 0 spiro atoms. The van der Waals surface area contributed by atoms with Crippen LogP contribution in [0.25, 0.3) is 11.2 Å². The first-order valence-electron chi connectivity index (χ1n) is 10.3. The fourth-order valence-corrected chi connectivity index (χ4v) is 3.66. The number of hydrogen-bond donors (Lipinski definition) is 0. The number of esters is 1. The second-order valence-corrected chi connectivity index (χ2v) is 7.52. The Hall–Kier alpha value is -2.06. The predicted octanol–water partition coefficient (Wildman–Crippen LogP) is 2.95. The normalized spacial score (nSPS) is 19.8. The van der Waals surface area contributed by atoms with E-state index in [0.29, 0.717) is 19.1 Å². The highest BCUT2D eigenvalue weighted by atomic mass is 16.5. The summed E-state index contributed by atoms with van der Waals surface area (Å²) in [7, 11) is 0. The molecule has 0 N–H and O–H groups in total. The molecule has 1 saturated heterocycles. The third-order valence-electron chi connectivity index (χ3n) is 5.18. The van der Waals surface area contributed by atoms with Gasteiger partial charge >= 0.3 is 5.97 Å². The Kier molecular flexibility index (Phi) is 7.33. The fourth-order valence-electron chi connectivity index (χ4n) is 3.66. The van der Waals surface area contributed by atoms with Crippen molar-refractivity contribution in [3.63, 3.8) is 0 Å². The average molecular weight is 390 g/mol. The number of unbranched alkanes of at least 4 members (excludes halogenated alkanes) is 1. The number of carbonyl (C=O) groups is 1. The molecule has 8 heteroatoms. The topological polar surface area (TPSA) is 82.4 Å². The Bertz CT molecular complexity index is 763. The Labute approximate surface area is 166 Å². The zero-order chi connectivity index (χ0) is 19.9. The average Bonchev–Trinajstić information content (AvgIpc) is 3.30. The second kappa shape index (κ2) is 9.93. The fraction of sp³-hybridized carbons (Fsp3) is 0.700. The number of hydrogen-bond acceptors (Lipinski definition) is 7. The number of ether oxygens (including phenoxy) is 2. The van der Waals surface area contributed by atoms with E-state index in [4.69, 9.17) is 9.47 Å². The number of rotatable bonds is 10. The summed E-state index contributed by atoms with van der Waals surface area (Å²) >= 11 is 0. The molecular weight excluding hydrogens is 358 g/mol. The minimum absolute atomic E-state index is 0.0253. The summed E-state index contributed by atoms with van der Waals surface area (Å²) in [5, 5.41) is 0. The van der Waals surface area contributed by atoms with Crippen molar-refractivity contribution in [1.82, 2.24) is 24.4 Å². The molecule has 1 aliphatic heterocycles. The SMILES string of the molecule is CCOC(=O)CCCCN(CC1CCC(n2cnc3cncnc32)O1)C(C)C. The summed E-state index contributed by atoms with van der Waals surface area (Å²) in [4.78, 5) is 26.6. The van der Waals surface area contributed by atoms with Crippen LogP contribution in [0, 0.1) is 0 Å². The maximum Gasteiger partial charge on any atom is 0.305 e. The Morgan fingerprint density at radius 3 is 3.00 bits per heavy atom. The van der Waals surface area contributed by atoms with Gasteiger partial charge < -0.3 is 9.47 Å². The van der Waals surface area contributed by atoms with E-state index in [0.717, 1.165) is 49.9 Å². The van der Waals surface area contributed by atoms with Gasteiger partial charge in [-0.1, -0.05) is 0 Å². The lowest BCUT2D eigenvalue weighted by molar-refractivity contribution is -0.143. The van der Waals surface area contributed by atoms with Crippen LogP contribution in [-0.2, 0) is 14.3 Å². The van der Waals surface area contributed by atoms with Crippen LogP contribution in [-0.4, -0.2) is 62.2 Å². The van der Waals surface area contributed by atoms with Gasteiger partial charge in [0.15, 0.2) is 5.65 Å². The monoisotopic (exact) mass is 389 g/mol. The van der Waals surface area contributed by atoms with Crippen molar-refractivity contribution in [1.29, 1.82) is 0 Å². The van der Waals surface area contributed by atoms with Crippen LogP contribution in [0.4, 0.5) is 0 Å². The first-order valence-corrected chi connectivity index (χ1v) is 10.3. The molecule has 3 heterocycles. The van der Waals surface area contributed by atoms with Gasteiger partial charge in [0.05, 0.1) is 25.2 Å². The Morgan fingerprint density at radius 2 is 2.21 bits per heavy atom. The molecule has 2 unspecified atom stereocenters. The molecular formula is C20H31N5O3. The highest BCUT2D eigenvalue weighted by Gasteiger charge is 2.29. The summed E-state index contributed by atoms with van der Waals surface area (Å²) in [6, 6.07) is 0.437. The van der Waals surface area contributed by atoms with Gasteiger partial charge in [-0.2, -0.15) is 0 Å². The van der Waals surface area contributed by atoms with E-state index in [1.54, 1.807) is 18.9 Å².